The van der Waals surface area contributed by atoms with E-state index < -0.39 is 17.8 Å². The summed E-state index contributed by atoms with van der Waals surface area (Å²) in [5, 5.41) is 0.239. The highest BCUT2D eigenvalue weighted by Gasteiger charge is 2.39. The van der Waals surface area contributed by atoms with Gasteiger partial charge < -0.3 is 9.25 Å². The molecular weight excluding hydrogens is 286 g/mol. The molecule has 2 amide bonds. The average molecular weight is 292 g/mol. The number of furan rings is 1. The van der Waals surface area contributed by atoms with E-state index in [1.165, 1.54) is 24.5 Å². The van der Waals surface area contributed by atoms with E-state index in [0.717, 1.165) is 0 Å². The highest BCUT2D eigenvalue weighted by Crippen LogP contribution is 2.24. The van der Waals surface area contributed by atoms with Crippen molar-refractivity contribution in [3.05, 3.63) is 58.5 Å². The molecule has 1 aromatic heterocycles. The predicted molar refractivity (Wildman–Crippen MR) is 66.1 cm³/mol. The minimum absolute atomic E-state index is 0.0665. The molecule has 0 radical (unpaired) electrons. The van der Waals surface area contributed by atoms with Crippen LogP contribution in [0.25, 0.3) is 0 Å². The summed E-state index contributed by atoms with van der Waals surface area (Å²) in [5.74, 6) is -2.34. The Hall–Kier alpha value is -2.60. The quantitative estimate of drug-likeness (QED) is 0.793. The Morgan fingerprint density at radius 1 is 1.10 bits per heavy atom. The van der Waals surface area contributed by atoms with Gasteiger partial charge in [0.2, 0.25) is 5.22 Å². The summed E-state index contributed by atoms with van der Waals surface area (Å²) < 4.78 is 4.74. The van der Waals surface area contributed by atoms with Crippen molar-refractivity contribution in [2.75, 3.05) is 0 Å². The highest BCUT2D eigenvalue weighted by atomic mass is 35.5. The zero-order valence-electron chi connectivity index (χ0n) is 9.83. The van der Waals surface area contributed by atoms with Crippen LogP contribution in [0, 0.1) is 0 Å². The normalized spacial score (nSPS) is 13.6. The first-order chi connectivity index (χ1) is 9.59. The SMILES string of the molecule is O=C(ON1C(=O)c2ccccc2C1=O)c1ccoc1Cl. The molecule has 3 rings (SSSR count). The van der Waals surface area contributed by atoms with E-state index >= 15 is 0 Å². The summed E-state index contributed by atoms with van der Waals surface area (Å²) in [6, 6.07) is 7.47. The standard InChI is InChI=1S/C13H6ClNO5/c14-10-9(5-6-19-10)13(18)20-15-11(16)7-3-1-2-4-8(7)12(15)17/h1-6H. The lowest BCUT2D eigenvalue weighted by molar-refractivity contribution is -0.0584. The molecule has 20 heavy (non-hydrogen) atoms. The molecule has 2 aromatic rings. The van der Waals surface area contributed by atoms with Crippen LogP contribution >= 0.6 is 11.6 Å². The number of fused-ring (bicyclic) bond motifs is 1. The molecule has 0 atom stereocenters. The first-order valence-corrected chi connectivity index (χ1v) is 5.90. The van der Waals surface area contributed by atoms with Crippen molar-refractivity contribution in [3.8, 4) is 0 Å². The van der Waals surface area contributed by atoms with Crippen molar-refractivity contribution in [2.24, 2.45) is 0 Å². The van der Waals surface area contributed by atoms with E-state index in [-0.39, 0.29) is 21.9 Å². The second-order valence-electron chi connectivity index (χ2n) is 3.94. The van der Waals surface area contributed by atoms with Crippen molar-refractivity contribution >= 4 is 29.4 Å². The molecule has 0 aliphatic carbocycles. The van der Waals surface area contributed by atoms with Crippen LogP contribution in [0.15, 0.2) is 41.0 Å². The van der Waals surface area contributed by atoms with Crippen LogP contribution < -0.4 is 0 Å². The molecule has 100 valence electrons. The zero-order valence-corrected chi connectivity index (χ0v) is 10.6. The molecule has 1 aliphatic rings. The molecule has 0 fully saturated rings. The molecule has 0 bridgehead atoms. The van der Waals surface area contributed by atoms with Gasteiger partial charge in [-0.3, -0.25) is 9.59 Å². The summed E-state index contributed by atoms with van der Waals surface area (Å²) in [4.78, 5) is 40.5. The van der Waals surface area contributed by atoms with Crippen molar-refractivity contribution < 1.29 is 23.6 Å². The second-order valence-corrected chi connectivity index (χ2v) is 4.28. The summed E-state index contributed by atoms with van der Waals surface area (Å²) in [6.07, 6.45) is 1.20. The second kappa shape index (κ2) is 4.50. The van der Waals surface area contributed by atoms with E-state index in [2.05, 4.69) is 0 Å². The number of carbonyl (C=O) groups is 3. The first-order valence-electron chi connectivity index (χ1n) is 5.52. The third-order valence-corrected chi connectivity index (χ3v) is 3.06. The third kappa shape index (κ3) is 1.78. The lowest BCUT2D eigenvalue weighted by atomic mass is 10.1. The van der Waals surface area contributed by atoms with Crippen LogP contribution in [0.3, 0.4) is 0 Å². The van der Waals surface area contributed by atoms with E-state index in [9.17, 15) is 14.4 Å². The van der Waals surface area contributed by atoms with E-state index in [1.54, 1.807) is 12.1 Å². The zero-order chi connectivity index (χ0) is 14.3. The molecule has 0 saturated carbocycles. The molecule has 0 spiro atoms. The van der Waals surface area contributed by atoms with Crippen LogP contribution in [-0.2, 0) is 4.84 Å². The van der Waals surface area contributed by atoms with Gasteiger partial charge in [-0.2, -0.15) is 0 Å². The number of nitrogens with zero attached hydrogens (tertiary/aromatic N) is 1. The lowest BCUT2D eigenvalue weighted by Crippen LogP contribution is -2.32. The minimum Gasteiger partial charge on any atom is -0.452 e. The molecule has 1 aromatic carbocycles. The van der Waals surface area contributed by atoms with Gasteiger partial charge in [0.15, 0.2) is 0 Å². The number of rotatable bonds is 2. The Bertz CT molecular complexity index is 701. The maximum atomic E-state index is 12.0. The number of benzene rings is 1. The van der Waals surface area contributed by atoms with Crippen LogP contribution in [0.5, 0.6) is 0 Å². The van der Waals surface area contributed by atoms with Gasteiger partial charge in [0.05, 0.1) is 17.4 Å². The number of imide groups is 1. The third-order valence-electron chi connectivity index (χ3n) is 2.77. The van der Waals surface area contributed by atoms with Gasteiger partial charge in [-0.1, -0.05) is 17.2 Å². The van der Waals surface area contributed by atoms with Gasteiger partial charge in [-0.25, -0.2) is 4.79 Å². The molecular formula is C13H6ClNO5. The van der Waals surface area contributed by atoms with Gasteiger partial charge in [0, 0.05) is 0 Å². The predicted octanol–water partition coefficient (Wildman–Crippen LogP) is 2.30. The van der Waals surface area contributed by atoms with Crippen molar-refractivity contribution in [3.63, 3.8) is 0 Å². The van der Waals surface area contributed by atoms with Gasteiger partial charge in [-0.15, -0.1) is 0 Å². The van der Waals surface area contributed by atoms with E-state index in [4.69, 9.17) is 20.9 Å². The summed E-state index contributed by atoms with van der Waals surface area (Å²) >= 11 is 5.63. The Labute approximate surface area is 117 Å². The fourth-order valence-electron chi connectivity index (χ4n) is 1.82. The molecule has 0 unspecified atom stereocenters. The molecule has 1 aliphatic heterocycles. The maximum Gasteiger partial charge on any atom is 0.368 e. The Balaban J connectivity index is 1.87. The van der Waals surface area contributed by atoms with Crippen LogP contribution in [0.4, 0.5) is 0 Å². The number of carbonyl (C=O) groups excluding carboxylic acids is 3. The van der Waals surface area contributed by atoms with Crippen LogP contribution in [-0.4, -0.2) is 22.8 Å². The van der Waals surface area contributed by atoms with Gasteiger partial charge in [0.1, 0.15) is 5.56 Å². The number of halogens is 1. The molecule has 6 nitrogen and oxygen atoms in total. The van der Waals surface area contributed by atoms with E-state index in [0.29, 0.717) is 5.06 Å². The number of hydrogen-bond donors (Lipinski definition) is 0. The average Bonchev–Trinajstić information content (AvgIpc) is 2.97. The van der Waals surface area contributed by atoms with E-state index in [1.807, 2.05) is 0 Å². The molecule has 0 saturated heterocycles. The van der Waals surface area contributed by atoms with Crippen molar-refractivity contribution in [2.45, 2.75) is 0 Å². The largest absolute Gasteiger partial charge is 0.452 e. The summed E-state index contributed by atoms with van der Waals surface area (Å²) in [5.41, 5.74) is 0.301. The molecule has 2 heterocycles. The Morgan fingerprint density at radius 2 is 1.70 bits per heavy atom. The fourth-order valence-corrected chi connectivity index (χ4v) is 2.01. The number of hydrogen-bond acceptors (Lipinski definition) is 5. The lowest BCUT2D eigenvalue weighted by Gasteiger charge is -2.11. The van der Waals surface area contributed by atoms with Crippen LogP contribution in [0.2, 0.25) is 5.22 Å². The summed E-state index contributed by atoms with van der Waals surface area (Å²) in [6.45, 7) is 0. The summed E-state index contributed by atoms with van der Waals surface area (Å²) in [7, 11) is 0. The Kier molecular flexibility index (Phi) is 2.80. The van der Waals surface area contributed by atoms with Gasteiger partial charge in [0.25, 0.3) is 11.8 Å². The minimum atomic E-state index is -0.946. The monoisotopic (exact) mass is 291 g/mol. The number of amides is 2. The Morgan fingerprint density at radius 3 is 2.20 bits per heavy atom. The highest BCUT2D eigenvalue weighted by molar-refractivity contribution is 6.32. The van der Waals surface area contributed by atoms with Crippen molar-refractivity contribution in [1.29, 1.82) is 0 Å². The van der Waals surface area contributed by atoms with Crippen molar-refractivity contribution in [1.82, 2.24) is 5.06 Å². The topological polar surface area (TPSA) is 76.8 Å². The fraction of sp³-hybridized carbons (Fsp3) is 0. The van der Waals surface area contributed by atoms with Crippen LogP contribution in [0.1, 0.15) is 31.1 Å². The molecule has 0 N–H and O–H groups in total. The van der Waals surface area contributed by atoms with Gasteiger partial charge >= 0.3 is 5.97 Å². The smallest absolute Gasteiger partial charge is 0.368 e. The molecule has 7 heteroatoms. The number of hydroxylamine groups is 2. The maximum absolute atomic E-state index is 12.0. The first kappa shape index (κ1) is 12.4. The van der Waals surface area contributed by atoms with Gasteiger partial charge in [-0.05, 0) is 29.8 Å².